The Morgan fingerprint density at radius 3 is 2.74 bits per heavy atom. The average molecular weight is 423 g/mol. The van der Waals surface area contributed by atoms with Gasteiger partial charge in [0.1, 0.15) is 30.1 Å². The van der Waals surface area contributed by atoms with Crippen LogP contribution in [-0.4, -0.2) is 55.0 Å². The van der Waals surface area contributed by atoms with Crippen molar-refractivity contribution in [1.29, 1.82) is 0 Å². The first-order chi connectivity index (χ1) is 15.0. The van der Waals surface area contributed by atoms with Crippen LogP contribution in [0.1, 0.15) is 10.5 Å². The number of hydrogen-bond donors (Lipinski definition) is 3. The number of halogens is 1. The normalized spacial score (nSPS) is 12.0. The molecular weight excluding hydrogens is 405 g/mol. The van der Waals surface area contributed by atoms with Gasteiger partial charge in [0.15, 0.2) is 11.3 Å². The van der Waals surface area contributed by atoms with Crippen molar-refractivity contribution < 1.29 is 24.1 Å². The van der Waals surface area contributed by atoms with Gasteiger partial charge in [-0.3, -0.25) is 4.79 Å². The lowest BCUT2D eigenvalue weighted by Crippen LogP contribution is -2.21. The van der Waals surface area contributed by atoms with Gasteiger partial charge in [-0.15, -0.1) is 0 Å². The Labute approximate surface area is 175 Å². The molecule has 3 heterocycles. The van der Waals surface area contributed by atoms with Crippen LogP contribution in [-0.2, 0) is 0 Å². The fraction of sp³-hybridized carbons (Fsp3) is 0.143. The van der Waals surface area contributed by atoms with Crippen LogP contribution < -0.4 is 10.1 Å². The molecule has 31 heavy (non-hydrogen) atoms. The summed E-state index contributed by atoms with van der Waals surface area (Å²) < 4.78 is 20.0. The van der Waals surface area contributed by atoms with E-state index in [0.29, 0.717) is 22.7 Å². The number of amides is 1. The first-order valence-corrected chi connectivity index (χ1v) is 9.34. The summed E-state index contributed by atoms with van der Waals surface area (Å²) in [5, 5.41) is 25.6. The predicted octanol–water partition coefficient (Wildman–Crippen LogP) is 1.91. The molecule has 9 nitrogen and oxygen atoms in total. The lowest BCUT2D eigenvalue weighted by Gasteiger charge is -2.13. The molecule has 0 fully saturated rings. The summed E-state index contributed by atoms with van der Waals surface area (Å²) in [7, 11) is 0. The average Bonchev–Trinajstić information content (AvgIpc) is 3.22. The Hall–Kier alpha value is -3.89. The van der Waals surface area contributed by atoms with E-state index in [9.17, 15) is 14.3 Å². The lowest BCUT2D eigenvalue weighted by atomic mass is 10.1. The van der Waals surface area contributed by atoms with Gasteiger partial charge in [-0.25, -0.2) is 18.9 Å². The van der Waals surface area contributed by atoms with Gasteiger partial charge in [-0.2, -0.15) is 5.10 Å². The van der Waals surface area contributed by atoms with Gasteiger partial charge >= 0.3 is 0 Å². The zero-order valence-electron chi connectivity index (χ0n) is 16.1. The second-order valence-electron chi connectivity index (χ2n) is 6.59. The standard InChI is InChI=1S/C21H18FN5O4/c22-13-5-7-19(23-9-13)25-21(30)17-10-24-20-8-6-16(26-27(17)20)15-3-1-2-4-18(15)31-12-14(29)11-28/h1-10,14,28-29H,11-12H2,(H,23,25,30)/t14-/m1/s1. The van der Waals surface area contributed by atoms with Crippen LogP contribution in [0.4, 0.5) is 10.2 Å². The van der Waals surface area contributed by atoms with Gasteiger partial charge in [0.05, 0.1) is 24.7 Å². The Balaban J connectivity index is 1.64. The third kappa shape index (κ3) is 4.49. The molecule has 0 spiro atoms. The number of imidazole rings is 1. The minimum Gasteiger partial charge on any atom is -0.490 e. The molecule has 0 bridgehead atoms. The smallest absolute Gasteiger partial charge is 0.277 e. The summed E-state index contributed by atoms with van der Waals surface area (Å²) in [6.45, 7) is -0.498. The van der Waals surface area contributed by atoms with Crippen LogP contribution in [0.25, 0.3) is 16.9 Å². The van der Waals surface area contributed by atoms with Gasteiger partial charge in [-0.1, -0.05) is 12.1 Å². The van der Waals surface area contributed by atoms with Crippen molar-refractivity contribution in [3.05, 3.63) is 72.4 Å². The van der Waals surface area contributed by atoms with Crippen molar-refractivity contribution >= 4 is 17.4 Å². The zero-order chi connectivity index (χ0) is 21.8. The number of aliphatic hydroxyl groups is 2. The SMILES string of the molecule is O=C(Nc1ccc(F)cn1)c1cnc2ccc(-c3ccccc3OC[C@H](O)CO)nn12. The largest absolute Gasteiger partial charge is 0.490 e. The second-order valence-corrected chi connectivity index (χ2v) is 6.59. The number of carbonyl (C=O) groups is 1. The summed E-state index contributed by atoms with van der Waals surface area (Å²) in [5.74, 6) is -0.361. The number of hydrogen-bond acceptors (Lipinski definition) is 7. The number of ether oxygens (including phenoxy) is 1. The van der Waals surface area contributed by atoms with E-state index in [1.807, 2.05) is 0 Å². The van der Waals surface area contributed by atoms with Crippen LogP contribution in [0, 0.1) is 5.82 Å². The van der Waals surface area contributed by atoms with Crippen LogP contribution >= 0.6 is 0 Å². The number of nitrogens with one attached hydrogen (secondary N) is 1. The van der Waals surface area contributed by atoms with E-state index < -0.39 is 24.4 Å². The number of carbonyl (C=O) groups excluding carboxylic acids is 1. The quantitative estimate of drug-likeness (QED) is 0.415. The third-order valence-electron chi connectivity index (χ3n) is 4.37. The predicted molar refractivity (Wildman–Crippen MR) is 109 cm³/mol. The minimum atomic E-state index is -1.01. The number of nitrogens with zero attached hydrogens (tertiary/aromatic N) is 4. The van der Waals surface area contributed by atoms with Crippen molar-refractivity contribution in [2.75, 3.05) is 18.5 Å². The number of anilines is 1. The molecule has 0 saturated heterocycles. The summed E-state index contributed by atoms with van der Waals surface area (Å²) in [5.41, 5.74) is 1.76. The molecule has 0 aliphatic rings. The fourth-order valence-corrected chi connectivity index (χ4v) is 2.84. The van der Waals surface area contributed by atoms with E-state index in [-0.39, 0.29) is 18.1 Å². The van der Waals surface area contributed by atoms with Crippen LogP contribution in [0.5, 0.6) is 5.75 Å². The molecule has 4 rings (SSSR count). The fourth-order valence-electron chi connectivity index (χ4n) is 2.84. The Bertz CT molecular complexity index is 1210. The van der Waals surface area contributed by atoms with Gasteiger partial charge in [-0.05, 0) is 36.4 Å². The molecule has 3 N–H and O–H groups in total. The number of para-hydroxylation sites is 1. The molecule has 158 valence electrons. The molecule has 0 unspecified atom stereocenters. The molecule has 4 aromatic rings. The molecular formula is C21H18FN5O4. The Kier molecular flexibility index (Phi) is 5.83. The number of rotatable bonds is 7. The van der Waals surface area contributed by atoms with E-state index in [2.05, 4.69) is 20.4 Å². The van der Waals surface area contributed by atoms with Crippen molar-refractivity contribution in [2.24, 2.45) is 0 Å². The maximum atomic E-state index is 13.0. The van der Waals surface area contributed by atoms with Crippen molar-refractivity contribution in [3.63, 3.8) is 0 Å². The third-order valence-corrected chi connectivity index (χ3v) is 4.37. The van der Waals surface area contributed by atoms with Crippen LogP contribution in [0.2, 0.25) is 0 Å². The molecule has 1 amide bonds. The summed E-state index contributed by atoms with van der Waals surface area (Å²) in [6.07, 6.45) is 1.38. The maximum absolute atomic E-state index is 13.0. The molecule has 1 atom stereocenters. The Morgan fingerprint density at radius 2 is 1.97 bits per heavy atom. The topological polar surface area (TPSA) is 122 Å². The maximum Gasteiger partial charge on any atom is 0.277 e. The molecule has 10 heteroatoms. The van der Waals surface area contributed by atoms with E-state index >= 15 is 0 Å². The van der Waals surface area contributed by atoms with Crippen molar-refractivity contribution in [3.8, 4) is 17.0 Å². The highest BCUT2D eigenvalue weighted by molar-refractivity contribution is 6.02. The number of benzene rings is 1. The highest BCUT2D eigenvalue weighted by Gasteiger charge is 2.16. The van der Waals surface area contributed by atoms with Crippen LogP contribution in [0.3, 0.4) is 0 Å². The molecule has 0 aliphatic carbocycles. The van der Waals surface area contributed by atoms with E-state index in [1.165, 1.54) is 22.8 Å². The second kappa shape index (κ2) is 8.86. The highest BCUT2D eigenvalue weighted by atomic mass is 19.1. The number of aromatic nitrogens is 4. The molecule has 0 saturated carbocycles. The van der Waals surface area contributed by atoms with Gasteiger partial charge in [0.2, 0.25) is 0 Å². The first kappa shape index (κ1) is 20.4. The molecule has 3 aromatic heterocycles. The lowest BCUT2D eigenvalue weighted by molar-refractivity contribution is 0.0538. The summed E-state index contributed by atoms with van der Waals surface area (Å²) in [6, 6.07) is 13.1. The van der Waals surface area contributed by atoms with Gasteiger partial charge < -0.3 is 20.3 Å². The van der Waals surface area contributed by atoms with Gasteiger partial charge in [0.25, 0.3) is 5.91 Å². The Morgan fingerprint density at radius 1 is 1.13 bits per heavy atom. The van der Waals surface area contributed by atoms with E-state index in [1.54, 1.807) is 36.4 Å². The van der Waals surface area contributed by atoms with Crippen LogP contribution in [0.15, 0.2) is 60.9 Å². The highest BCUT2D eigenvalue weighted by Crippen LogP contribution is 2.28. The monoisotopic (exact) mass is 423 g/mol. The number of aliphatic hydroxyl groups excluding tert-OH is 2. The van der Waals surface area contributed by atoms with Gasteiger partial charge in [0, 0.05) is 5.56 Å². The number of fused-ring (bicyclic) bond motifs is 1. The molecule has 1 aromatic carbocycles. The summed E-state index contributed by atoms with van der Waals surface area (Å²) >= 11 is 0. The minimum absolute atomic E-state index is 0.0842. The van der Waals surface area contributed by atoms with Crippen molar-refractivity contribution in [1.82, 2.24) is 19.6 Å². The van der Waals surface area contributed by atoms with E-state index in [4.69, 9.17) is 9.84 Å². The van der Waals surface area contributed by atoms with E-state index in [0.717, 1.165) is 6.20 Å². The first-order valence-electron chi connectivity index (χ1n) is 9.34. The van der Waals surface area contributed by atoms with Crippen molar-refractivity contribution in [2.45, 2.75) is 6.10 Å². The molecule has 0 radical (unpaired) electrons. The molecule has 0 aliphatic heterocycles. The number of pyridine rings is 1. The summed E-state index contributed by atoms with van der Waals surface area (Å²) in [4.78, 5) is 20.7. The zero-order valence-corrected chi connectivity index (χ0v) is 16.1.